The maximum absolute atomic E-state index is 14.2. The Kier molecular flexibility index (Phi) is 8.03. The Balaban J connectivity index is 0.00000272. The summed E-state index contributed by atoms with van der Waals surface area (Å²) >= 11 is 1.37. The average Bonchev–Trinajstić information content (AvgIpc) is 3.21. The van der Waals surface area contributed by atoms with Crippen molar-refractivity contribution in [3.8, 4) is 0 Å². The highest BCUT2D eigenvalue weighted by molar-refractivity contribution is 7.22. The fourth-order valence-electron chi connectivity index (χ4n) is 4.11. The van der Waals surface area contributed by atoms with E-state index in [1.165, 1.54) is 41.4 Å². The van der Waals surface area contributed by atoms with Crippen molar-refractivity contribution in [2.45, 2.75) is 39.5 Å². The molecule has 1 heterocycles. The number of hydrogen-bond acceptors (Lipinski definition) is 4. The summed E-state index contributed by atoms with van der Waals surface area (Å²) in [6, 6.07) is 11.0. The standard InChI is InChI=1S/C24H28FN3OS.ClH/c1-3-27(4-2)14-15-28(24-26-22-20(25)10-7-11-21(22)30-24)23(29)19-13-12-17-8-5-6-9-18(17)16-19;/h7,10-13,16H,3-6,8-9,14-15H2,1-2H3;1H. The van der Waals surface area contributed by atoms with Crippen LogP contribution in [0.2, 0.25) is 0 Å². The smallest absolute Gasteiger partial charge is 0.260 e. The zero-order valence-corrected chi connectivity index (χ0v) is 19.7. The fraction of sp³-hybridized carbons (Fsp3) is 0.417. The first kappa shape index (κ1) is 23.6. The molecule has 3 aromatic rings. The molecule has 166 valence electrons. The van der Waals surface area contributed by atoms with Crippen LogP contribution in [0, 0.1) is 5.82 Å². The Bertz CT molecular complexity index is 1050. The van der Waals surface area contributed by atoms with Crippen molar-refractivity contribution in [2.24, 2.45) is 0 Å². The lowest BCUT2D eigenvalue weighted by atomic mass is 9.90. The van der Waals surface area contributed by atoms with Gasteiger partial charge in [-0.2, -0.15) is 0 Å². The van der Waals surface area contributed by atoms with Crippen molar-refractivity contribution in [1.29, 1.82) is 0 Å². The number of amides is 1. The molecule has 1 amide bonds. The predicted molar refractivity (Wildman–Crippen MR) is 129 cm³/mol. The van der Waals surface area contributed by atoms with Crippen LogP contribution in [0.1, 0.15) is 48.2 Å². The third-order valence-corrected chi connectivity index (χ3v) is 7.01. The molecular weight excluding hydrogens is 433 g/mol. The summed E-state index contributed by atoms with van der Waals surface area (Å²) < 4.78 is 15.0. The Morgan fingerprint density at radius 2 is 1.81 bits per heavy atom. The van der Waals surface area contributed by atoms with Crippen molar-refractivity contribution in [2.75, 3.05) is 31.1 Å². The van der Waals surface area contributed by atoms with Gasteiger partial charge in [0.05, 0.1) is 4.70 Å². The van der Waals surface area contributed by atoms with Gasteiger partial charge in [-0.25, -0.2) is 9.37 Å². The normalized spacial score (nSPS) is 13.2. The number of para-hydroxylation sites is 1. The molecule has 1 aliphatic rings. The predicted octanol–water partition coefficient (Wildman–Crippen LogP) is 5.72. The molecule has 0 bridgehead atoms. The maximum atomic E-state index is 14.2. The number of thiazole rings is 1. The van der Waals surface area contributed by atoms with Crippen LogP contribution in [0.15, 0.2) is 36.4 Å². The highest BCUT2D eigenvalue weighted by Crippen LogP contribution is 2.31. The lowest BCUT2D eigenvalue weighted by molar-refractivity contribution is 0.0983. The second-order valence-corrected chi connectivity index (χ2v) is 8.77. The molecule has 0 aliphatic heterocycles. The molecule has 4 nitrogen and oxygen atoms in total. The Hall–Kier alpha value is -2.02. The summed E-state index contributed by atoms with van der Waals surface area (Å²) in [5.41, 5.74) is 3.67. The molecule has 0 atom stereocenters. The van der Waals surface area contributed by atoms with Crippen LogP contribution in [0.25, 0.3) is 10.2 Å². The molecule has 0 saturated carbocycles. The van der Waals surface area contributed by atoms with E-state index in [1.807, 2.05) is 12.1 Å². The van der Waals surface area contributed by atoms with Gasteiger partial charge in [0.15, 0.2) is 5.13 Å². The molecule has 4 rings (SSSR count). The largest absolute Gasteiger partial charge is 0.302 e. The van der Waals surface area contributed by atoms with Gasteiger partial charge in [0.2, 0.25) is 0 Å². The number of nitrogens with zero attached hydrogens (tertiary/aromatic N) is 3. The van der Waals surface area contributed by atoms with Gasteiger partial charge in [0.1, 0.15) is 11.3 Å². The molecule has 0 radical (unpaired) electrons. The van der Waals surface area contributed by atoms with Gasteiger partial charge in [-0.05, 0) is 74.2 Å². The number of carbonyl (C=O) groups is 1. The molecule has 1 aliphatic carbocycles. The van der Waals surface area contributed by atoms with E-state index in [2.05, 4.69) is 35.9 Å². The van der Waals surface area contributed by atoms with Crippen LogP contribution in [0.5, 0.6) is 0 Å². The van der Waals surface area contributed by atoms with Crippen LogP contribution in [-0.2, 0) is 12.8 Å². The molecule has 0 unspecified atom stereocenters. The van der Waals surface area contributed by atoms with E-state index in [4.69, 9.17) is 0 Å². The van der Waals surface area contributed by atoms with Crippen LogP contribution in [0.3, 0.4) is 0 Å². The third kappa shape index (κ3) is 5.08. The van der Waals surface area contributed by atoms with Gasteiger partial charge in [0, 0.05) is 18.7 Å². The quantitative estimate of drug-likeness (QED) is 0.451. The fourth-order valence-corrected chi connectivity index (χ4v) is 5.11. The third-order valence-electron chi connectivity index (χ3n) is 5.96. The molecule has 7 heteroatoms. The Morgan fingerprint density at radius 3 is 2.52 bits per heavy atom. The summed E-state index contributed by atoms with van der Waals surface area (Å²) in [5.74, 6) is -0.407. The van der Waals surface area contributed by atoms with E-state index in [0.29, 0.717) is 22.8 Å². The lowest BCUT2D eigenvalue weighted by Crippen LogP contribution is -2.39. The summed E-state index contributed by atoms with van der Waals surface area (Å²) in [6.45, 7) is 7.36. The number of fused-ring (bicyclic) bond motifs is 2. The molecule has 2 aromatic carbocycles. The van der Waals surface area contributed by atoms with E-state index >= 15 is 0 Å². The first-order valence-electron chi connectivity index (χ1n) is 10.8. The summed E-state index contributed by atoms with van der Waals surface area (Å²) in [7, 11) is 0. The van der Waals surface area contributed by atoms with E-state index in [-0.39, 0.29) is 24.1 Å². The molecule has 0 fully saturated rings. The van der Waals surface area contributed by atoms with E-state index < -0.39 is 0 Å². The number of hydrogen-bond donors (Lipinski definition) is 0. The van der Waals surface area contributed by atoms with Crippen molar-refractivity contribution >= 4 is 45.0 Å². The van der Waals surface area contributed by atoms with Gasteiger partial charge < -0.3 is 4.90 Å². The number of carbonyl (C=O) groups excluding carboxylic acids is 1. The number of benzene rings is 2. The lowest BCUT2D eigenvalue weighted by Gasteiger charge is -2.25. The molecule has 0 spiro atoms. The van der Waals surface area contributed by atoms with Gasteiger partial charge in [-0.3, -0.25) is 9.69 Å². The summed E-state index contributed by atoms with van der Waals surface area (Å²) in [6.07, 6.45) is 4.51. The van der Waals surface area contributed by atoms with Crippen molar-refractivity contribution in [3.63, 3.8) is 0 Å². The minimum atomic E-state index is -0.347. The number of rotatable bonds is 7. The highest BCUT2D eigenvalue weighted by Gasteiger charge is 2.23. The minimum Gasteiger partial charge on any atom is -0.302 e. The van der Waals surface area contributed by atoms with E-state index in [1.54, 1.807) is 11.0 Å². The van der Waals surface area contributed by atoms with Gasteiger partial charge in [0.25, 0.3) is 5.91 Å². The Labute approximate surface area is 193 Å². The SMILES string of the molecule is CCN(CC)CCN(C(=O)c1ccc2c(c1)CCCC2)c1nc2c(F)cccc2s1.Cl. The number of anilines is 1. The number of halogens is 2. The van der Waals surface area contributed by atoms with Crippen molar-refractivity contribution < 1.29 is 9.18 Å². The second kappa shape index (κ2) is 10.5. The summed E-state index contributed by atoms with van der Waals surface area (Å²) in [4.78, 5) is 22.1. The van der Waals surface area contributed by atoms with E-state index in [9.17, 15) is 9.18 Å². The number of aryl methyl sites for hydroxylation is 2. The van der Waals surface area contributed by atoms with Crippen LogP contribution in [-0.4, -0.2) is 42.0 Å². The van der Waals surface area contributed by atoms with Crippen LogP contribution >= 0.6 is 23.7 Å². The van der Waals surface area contributed by atoms with E-state index in [0.717, 1.165) is 37.2 Å². The van der Waals surface area contributed by atoms with Crippen LogP contribution < -0.4 is 4.90 Å². The Morgan fingerprint density at radius 1 is 1.06 bits per heavy atom. The zero-order chi connectivity index (χ0) is 21.1. The van der Waals surface area contributed by atoms with Gasteiger partial charge in [-0.1, -0.05) is 37.3 Å². The topological polar surface area (TPSA) is 36.4 Å². The molecule has 0 saturated heterocycles. The molecule has 1 aromatic heterocycles. The monoisotopic (exact) mass is 461 g/mol. The average molecular weight is 462 g/mol. The minimum absolute atomic E-state index is 0. The second-order valence-electron chi connectivity index (χ2n) is 7.76. The molecular formula is C24H29ClFN3OS. The number of likely N-dealkylation sites (N-methyl/N-ethyl adjacent to an activating group) is 1. The first-order chi connectivity index (χ1) is 14.6. The van der Waals surface area contributed by atoms with Crippen LogP contribution in [0.4, 0.5) is 9.52 Å². The molecule has 31 heavy (non-hydrogen) atoms. The zero-order valence-electron chi connectivity index (χ0n) is 18.1. The first-order valence-corrected chi connectivity index (χ1v) is 11.6. The van der Waals surface area contributed by atoms with Gasteiger partial charge >= 0.3 is 0 Å². The van der Waals surface area contributed by atoms with Gasteiger partial charge in [-0.15, -0.1) is 12.4 Å². The van der Waals surface area contributed by atoms with Crippen molar-refractivity contribution in [1.82, 2.24) is 9.88 Å². The van der Waals surface area contributed by atoms with Crippen molar-refractivity contribution in [3.05, 3.63) is 58.9 Å². The highest BCUT2D eigenvalue weighted by atomic mass is 35.5. The summed E-state index contributed by atoms with van der Waals surface area (Å²) in [5, 5.41) is 0.560. The molecule has 0 N–H and O–H groups in total. The number of aromatic nitrogens is 1. The maximum Gasteiger partial charge on any atom is 0.260 e.